The Labute approximate surface area is 177 Å². The molecule has 1 aliphatic heterocycles. The van der Waals surface area contributed by atoms with E-state index in [-0.39, 0.29) is 22.1 Å². The van der Waals surface area contributed by atoms with Gasteiger partial charge in [0.15, 0.2) is 0 Å². The molecule has 1 heterocycles. The number of amides is 1. The molecule has 2 aromatic rings. The Kier molecular flexibility index (Phi) is 5.36. The minimum atomic E-state index is -4.13. The maximum absolute atomic E-state index is 13.1. The topological polar surface area (TPSA) is 110 Å². The van der Waals surface area contributed by atoms with Crippen LogP contribution in [0.15, 0.2) is 41.3 Å². The molecule has 10 heteroatoms. The van der Waals surface area contributed by atoms with Gasteiger partial charge in [0.05, 0.1) is 24.0 Å². The lowest BCUT2D eigenvalue weighted by Crippen LogP contribution is -2.33. The number of hydrogen-bond donors (Lipinski definition) is 1. The third-order valence-electron chi connectivity index (χ3n) is 4.73. The van der Waals surface area contributed by atoms with E-state index in [1.54, 1.807) is 12.1 Å². The quantitative estimate of drug-likeness (QED) is 0.747. The predicted octanol–water partition coefficient (Wildman–Crippen LogP) is 2.82. The summed E-state index contributed by atoms with van der Waals surface area (Å²) in [5, 5.41) is 0. The first-order valence-electron chi connectivity index (χ1n) is 9.13. The minimum absolute atomic E-state index is 0.0268. The number of methoxy groups -OCH3 is 1. The Bertz CT molecular complexity index is 1210. The van der Waals surface area contributed by atoms with Crippen LogP contribution < -0.4 is 13.8 Å². The molecule has 0 spiro atoms. The third kappa shape index (κ3) is 4.01. The van der Waals surface area contributed by atoms with Gasteiger partial charge in [0.1, 0.15) is 10.6 Å². The molecule has 1 saturated heterocycles. The van der Waals surface area contributed by atoms with Crippen molar-refractivity contribution in [2.45, 2.75) is 32.6 Å². The first kappa shape index (κ1) is 22.1. The summed E-state index contributed by atoms with van der Waals surface area (Å²) in [5.41, 5.74) is 0.974. The van der Waals surface area contributed by atoms with Gasteiger partial charge in [0.25, 0.3) is 10.0 Å². The second kappa shape index (κ2) is 7.28. The van der Waals surface area contributed by atoms with Gasteiger partial charge >= 0.3 is 0 Å². The van der Waals surface area contributed by atoms with E-state index in [0.717, 1.165) is 17.2 Å². The fourth-order valence-corrected chi connectivity index (χ4v) is 6.84. The maximum Gasteiger partial charge on any atom is 0.265 e. The van der Waals surface area contributed by atoms with Gasteiger partial charge in [0, 0.05) is 5.69 Å². The fraction of sp³-hybridized carbons (Fsp3) is 0.350. The summed E-state index contributed by atoms with van der Waals surface area (Å²) < 4.78 is 59.7. The van der Waals surface area contributed by atoms with Crippen molar-refractivity contribution in [3.05, 3.63) is 47.5 Å². The number of sulfonamides is 2. The molecule has 162 valence electrons. The van der Waals surface area contributed by atoms with Crippen molar-refractivity contribution in [3.63, 3.8) is 0 Å². The molecule has 0 unspecified atom stereocenters. The van der Waals surface area contributed by atoms with Crippen LogP contribution in [-0.2, 0) is 24.8 Å². The molecule has 2 aromatic carbocycles. The van der Waals surface area contributed by atoms with Crippen molar-refractivity contribution in [1.29, 1.82) is 0 Å². The SMILES string of the molecule is COc1ccc(N2C(=O)C(C)(C)CS2(=O)=O)cc1S(=O)(=O)Nc1cc(C)cc(C)c1. The lowest BCUT2D eigenvalue weighted by Gasteiger charge is -2.19. The second-order valence-corrected chi connectivity index (χ2v) is 11.5. The van der Waals surface area contributed by atoms with Crippen LogP contribution in [0.25, 0.3) is 0 Å². The molecule has 8 nitrogen and oxygen atoms in total. The average Bonchev–Trinajstić information content (AvgIpc) is 2.75. The second-order valence-electron chi connectivity index (χ2n) is 8.03. The van der Waals surface area contributed by atoms with Crippen molar-refractivity contribution < 1.29 is 26.4 Å². The molecule has 1 N–H and O–H groups in total. The number of benzene rings is 2. The van der Waals surface area contributed by atoms with Crippen molar-refractivity contribution in [2.75, 3.05) is 21.9 Å². The Morgan fingerprint density at radius 1 is 1.07 bits per heavy atom. The summed E-state index contributed by atoms with van der Waals surface area (Å²) in [6, 6.07) is 9.09. The molecule has 3 rings (SSSR count). The molecule has 0 radical (unpaired) electrons. The molecular formula is C20H24N2O6S2. The van der Waals surface area contributed by atoms with Crippen LogP contribution in [0, 0.1) is 19.3 Å². The molecular weight excluding hydrogens is 428 g/mol. The first-order valence-corrected chi connectivity index (χ1v) is 12.2. The number of carbonyl (C=O) groups is 1. The van der Waals surface area contributed by atoms with E-state index in [2.05, 4.69) is 4.72 Å². The lowest BCUT2D eigenvalue weighted by atomic mass is 9.95. The van der Waals surface area contributed by atoms with E-state index in [0.29, 0.717) is 9.99 Å². The van der Waals surface area contributed by atoms with Crippen molar-refractivity contribution in [1.82, 2.24) is 0 Å². The zero-order valence-electron chi connectivity index (χ0n) is 17.4. The third-order valence-corrected chi connectivity index (χ3v) is 8.15. The Morgan fingerprint density at radius 2 is 1.67 bits per heavy atom. The summed E-state index contributed by atoms with van der Waals surface area (Å²) in [5.74, 6) is -0.939. The zero-order valence-corrected chi connectivity index (χ0v) is 19.0. The minimum Gasteiger partial charge on any atom is -0.495 e. The molecule has 0 aliphatic carbocycles. The molecule has 0 bridgehead atoms. The number of hydrogen-bond acceptors (Lipinski definition) is 6. The fourth-order valence-electron chi connectivity index (χ4n) is 3.51. The van der Waals surface area contributed by atoms with E-state index in [1.807, 2.05) is 19.9 Å². The Hall–Kier alpha value is -2.59. The maximum atomic E-state index is 13.1. The van der Waals surface area contributed by atoms with E-state index in [1.165, 1.54) is 33.1 Å². The number of rotatable bonds is 5. The van der Waals surface area contributed by atoms with Crippen LogP contribution in [0.4, 0.5) is 11.4 Å². The predicted molar refractivity (Wildman–Crippen MR) is 115 cm³/mol. The van der Waals surface area contributed by atoms with E-state index in [9.17, 15) is 21.6 Å². The highest BCUT2D eigenvalue weighted by atomic mass is 32.2. The normalized spacial score (nSPS) is 17.8. The smallest absolute Gasteiger partial charge is 0.265 e. The summed E-state index contributed by atoms with van der Waals surface area (Å²) in [7, 11) is -6.74. The van der Waals surface area contributed by atoms with E-state index in [4.69, 9.17) is 4.74 Å². The molecule has 1 amide bonds. The molecule has 30 heavy (non-hydrogen) atoms. The summed E-state index contributed by atoms with van der Waals surface area (Å²) >= 11 is 0. The van der Waals surface area contributed by atoms with Crippen LogP contribution in [0.5, 0.6) is 5.75 Å². The number of nitrogens with zero attached hydrogens (tertiary/aromatic N) is 1. The Morgan fingerprint density at radius 3 is 2.17 bits per heavy atom. The van der Waals surface area contributed by atoms with Crippen LogP contribution in [-0.4, -0.2) is 35.6 Å². The van der Waals surface area contributed by atoms with E-state index < -0.39 is 31.4 Å². The van der Waals surface area contributed by atoms with Crippen LogP contribution in [0.2, 0.25) is 0 Å². The average molecular weight is 453 g/mol. The summed E-state index contributed by atoms with van der Waals surface area (Å²) in [6.07, 6.45) is 0. The first-order chi connectivity index (χ1) is 13.8. The van der Waals surface area contributed by atoms with E-state index >= 15 is 0 Å². The lowest BCUT2D eigenvalue weighted by molar-refractivity contribution is -0.123. The van der Waals surface area contributed by atoms with Crippen LogP contribution >= 0.6 is 0 Å². The van der Waals surface area contributed by atoms with Crippen molar-refractivity contribution >= 4 is 37.3 Å². The van der Waals surface area contributed by atoms with Gasteiger partial charge in [-0.3, -0.25) is 9.52 Å². The van der Waals surface area contributed by atoms with Gasteiger partial charge in [0.2, 0.25) is 15.9 Å². The summed E-state index contributed by atoms with van der Waals surface area (Å²) in [6.45, 7) is 6.76. The van der Waals surface area contributed by atoms with Gasteiger partial charge < -0.3 is 4.74 Å². The van der Waals surface area contributed by atoms with Crippen molar-refractivity contribution in [3.8, 4) is 5.75 Å². The van der Waals surface area contributed by atoms with Crippen LogP contribution in [0.1, 0.15) is 25.0 Å². The largest absolute Gasteiger partial charge is 0.495 e. The van der Waals surface area contributed by atoms with Gasteiger partial charge in [-0.15, -0.1) is 0 Å². The number of anilines is 2. The molecule has 1 aliphatic rings. The highest BCUT2D eigenvalue weighted by molar-refractivity contribution is 7.94. The zero-order chi connectivity index (χ0) is 22.5. The van der Waals surface area contributed by atoms with Crippen molar-refractivity contribution in [2.24, 2.45) is 5.41 Å². The number of ether oxygens (including phenoxy) is 1. The number of nitrogens with one attached hydrogen (secondary N) is 1. The summed E-state index contributed by atoms with van der Waals surface area (Å²) in [4.78, 5) is 12.4. The Balaban J connectivity index is 2.10. The molecule has 1 fully saturated rings. The molecule has 0 atom stereocenters. The number of carbonyl (C=O) groups excluding carboxylic acids is 1. The van der Waals surface area contributed by atoms with Crippen LogP contribution in [0.3, 0.4) is 0 Å². The van der Waals surface area contributed by atoms with Gasteiger partial charge in [-0.05, 0) is 69.2 Å². The van der Waals surface area contributed by atoms with Gasteiger partial charge in [-0.25, -0.2) is 21.1 Å². The molecule has 0 saturated carbocycles. The van der Waals surface area contributed by atoms with Gasteiger partial charge in [-0.1, -0.05) is 6.07 Å². The highest BCUT2D eigenvalue weighted by Gasteiger charge is 2.50. The molecule has 0 aromatic heterocycles. The standard InChI is InChI=1S/C20H24N2O6S2/c1-13-8-14(2)10-15(9-13)21-30(26,27)18-11-16(6-7-17(18)28-5)22-19(23)20(3,4)12-29(22,24)25/h6-11,21H,12H2,1-5H3. The number of aryl methyl sites for hydroxylation is 2. The highest BCUT2D eigenvalue weighted by Crippen LogP contribution is 2.38. The monoisotopic (exact) mass is 452 g/mol. The van der Waals surface area contributed by atoms with Gasteiger partial charge in [-0.2, -0.15) is 0 Å².